The topological polar surface area (TPSA) is 38.7 Å². The molecule has 0 heterocycles. The van der Waals surface area contributed by atoms with Crippen LogP contribution in [0.2, 0.25) is 0 Å². The molecule has 5 heteroatoms. The predicted octanol–water partition coefficient (Wildman–Crippen LogP) is 2.10. The predicted molar refractivity (Wildman–Crippen MR) is 59.3 cm³/mol. The molecular weight excluding hydrogens is 225 g/mol. The first kappa shape index (κ1) is 13.2. The van der Waals surface area contributed by atoms with Crippen LogP contribution in [0.25, 0.3) is 0 Å². The summed E-state index contributed by atoms with van der Waals surface area (Å²) in [5, 5.41) is 0. The van der Waals surface area contributed by atoms with Gasteiger partial charge in [0, 0.05) is 12.1 Å². The average molecular weight is 236 g/mol. The molecule has 0 saturated carbocycles. The van der Waals surface area contributed by atoms with Gasteiger partial charge in [-0.25, -0.2) is 4.79 Å². The number of nitrogens with zero attached hydrogens (tertiary/aromatic N) is 1. The molecule has 0 unspecified atom stereocenters. The molecule has 0 aromatic rings. The normalized spacial score (nSPS) is 17.3. The Labute approximate surface area is 93.9 Å². The van der Waals surface area contributed by atoms with Crippen LogP contribution in [-0.2, 0) is 9.53 Å². The summed E-state index contributed by atoms with van der Waals surface area (Å²) in [6.07, 6.45) is 5.86. The number of carbonyl (C=O) groups excluding carboxylic acids is 1. The Morgan fingerprint density at radius 3 is 2.79 bits per heavy atom. The molecule has 0 aromatic carbocycles. The van der Waals surface area contributed by atoms with Gasteiger partial charge in [-0.1, -0.05) is 6.08 Å². The lowest BCUT2D eigenvalue weighted by Crippen LogP contribution is -2.07. The summed E-state index contributed by atoms with van der Waals surface area (Å²) in [6, 6.07) is 0.251. The van der Waals surface area contributed by atoms with Crippen molar-refractivity contribution >= 4 is 35.7 Å². The zero-order chi connectivity index (χ0) is 9.68. The maximum absolute atomic E-state index is 11.0. The van der Waals surface area contributed by atoms with Gasteiger partial charge in [0.15, 0.2) is 0 Å². The Morgan fingerprint density at radius 1 is 1.64 bits per heavy atom. The Morgan fingerprint density at radius 2 is 2.36 bits per heavy atom. The summed E-state index contributed by atoms with van der Waals surface area (Å²) in [5.74, 6) is -0.318. The van der Waals surface area contributed by atoms with E-state index in [0.717, 1.165) is 5.71 Å². The van der Waals surface area contributed by atoms with Crippen LogP contribution in [-0.4, -0.2) is 24.8 Å². The number of methoxy groups -OCH3 is 1. The summed E-state index contributed by atoms with van der Waals surface area (Å²) in [5.41, 5.74) is 1.44. The summed E-state index contributed by atoms with van der Waals surface area (Å²) < 4.78 is 4.56. The van der Waals surface area contributed by atoms with Gasteiger partial charge < -0.3 is 4.74 Å². The van der Waals surface area contributed by atoms with E-state index in [4.69, 9.17) is 11.6 Å². The molecule has 0 atom stereocenters. The van der Waals surface area contributed by atoms with Crippen LogP contribution in [0, 0.1) is 0 Å². The first-order valence-electron chi connectivity index (χ1n) is 3.83. The minimum atomic E-state index is -0.318. The van der Waals surface area contributed by atoms with Crippen molar-refractivity contribution in [1.82, 2.24) is 0 Å². The highest BCUT2D eigenvalue weighted by molar-refractivity contribution is 6.18. The number of carbonyl (C=O) groups is 1. The molecule has 3 nitrogen and oxygen atoms in total. The molecular formula is C9H11Cl2NO2. The van der Waals surface area contributed by atoms with Crippen molar-refractivity contribution in [2.75, 3.05) is 13.1 Å². The summed E-state index contributed by atoms with van der Waals surface area (Å²) in [6.45, 7) is 0. The Balaban J connectivity index is 0.00000169. The maximum Gasteiger partial charge on any atom is 0.337 e. The van der Waals surface area contributed by atoms with Gasteiger partial charge in [0.25, 0.3) is 0 Å². The summed E-state index contributed by atoms with van der Waals surface area (Å²) >= 11 is 5.43. The quantitative estimate of drug-likeness (QED) is 0.418. The average Bonchev–Trinajstić information content (AvgIpc) is 2.18. The second kappa shape index (κ2) is 6.62. The van der Waals surface area contributed by atoms with Gasteiger partial charge in [0.1, 0.15) is 6.00 Å². The second-order valence-electron chi connectivity index (χ2n) is 2.46. The molecule has 1 aliphatic carbocycles. The van der Waals surface area contributed by atoms with E-state index in [0.29, 0.717) is 12.0 Å². The molecule has 1 rings (SSSR count). The summed E-state index contributed by atoms with van der Waals surface area (Å²) in [7, 11) is 1.36. The van der Waals surface area contributed by atoms with E-state index < -0.39 is 0 Å². The third kappa shape index (κ3) is 3.52. The van der Waals surface area contributed by atoms with E-state index in [2.05, 4.69) is 9.73 Å². The molecule has 0 saturated heterocycles. The lowest BCUT2D eigenvalue weighted by Gasteiger charge is -2.05. The van der Waals surface area contributed by atoms with Gasteiger partial charge in [-0.15, -0.1) is 24.0 Å². The maximum atomic E-state index is 11.0. The fourth-order valence-corrected chi connectivity index (χ4v) is 1.15. The van der Waals surface area contributed by atoms with Crippen LogP contribution in [0.5, 0.6) is 0 Å². The zero-order valence-corrected chi connectivity index (χ0v) is 9.27. The largest absolute Gasteiger partial charge is 0.465 e. The molecule has 1 aliphatic rings. The Kier molecular flexibility index (Phi) is 6.25. The number of aliphatic imine (C=N–C) groups is 1. The fourth-order valence-electron chi connectivity index (χ4n) is 1.000. The SMILES string of the molecule is COC(=O)C1=CCC(=NCCl)C=C1.Cl. The van der Waals surface area contributed by atoms with Gasteiger partial charge in [-0.05, 0) is 12.2 Å². The minimum absolute atomic E-state index is 0. The van der Waals surface area contributed by atoms with Crippen LogP contribution < -0.4 is 0 Å². The number of rotatable bonds is 2. The molecule has 0 aliphatic heterocycles. The smallest absolute Gasteiger partial charge is 0.337 e. The fraction of sp³-hybridized carbons (Fsp3) is 0.333. The van der Waals surface area contributed by atoms with Gasteiger partial charge in [0.2, 0.25) is 0 Å². The number of esters is 1. The van der Waals surface area contributed by atoms with Crippen molar-refractivity contribution in [2.45, 2.75) is 6.42 Å². The number of hydrogen-bond donors (Lipinski definition) is 0. The van der Waals surface area contributed by atoms with Crippen LogP contribution in [0.3, 0.4) is 0 Å². The molecule has 14 heavy (non-hydrogen) atoms. The van der Waals surface area contributed by atoms with E-state index in [1.165, 1.54) is 7.11 Å². The molecule has 0 fully saturated rings. The van der Waals surface area contributed by atoms with Crippen molar-refractivity contribution in [1.29, 1.82) is 0 Å². The van der Waals surface area contributed by atoms with Crippen molar-refractivity contribution in [3.05, 3.63) is 23.8 Å². The molecule has 0 aromatic heterocycles. The van der Waals surface area contributed by atoms with Gasteiger partial charge in [-0.3, -0.25) is 4.99 Å². The van der Waals surface area contributed by atoms with Crippen LogP contribution in [0.4, 0.5) is 0 Å². The Bertz CT molecular complexity index is 295. The zero-order valence-electron chi connectivity index (χ0n) is 7.70. The summed E-state index contributed by atoms with van der Waals surface area (Å²) in [4.78, 5) is 15.0. The number of allylic oxidation sites excluding steroid dienone is 2. The van der Waals surface area contributed by atoms with Gasteiger partial charge >= 0.3 is 5.97 Å². The van der Waals surface area contributed by atoms with Crippen molar-refractivity contribution in [3.8, 4) is 0 Å². The number of halogens is 2. The second-order valence-corrected chi connectivity index (χ2v) is 2.70. The molecule has 0 radical (unpaired) electrons. The van der Waals surface area contributed by atoms with Crippen LogP contribution >= 0.6 is 24.0 Å². The van der Waals surface area contributed by atoms with Crippen molar-refractivity contribution in [2.24, 2.45) is 4.99 Å². The van der Waals surface area contributed by atoms with E-state index in [-0.39, 0.29) is 24.4 Å². The highest BCUT2D eigenvalue weighted by Gasteiger charge is 2.09. The number of hydrogen-bond acceptors (Lipinski definition) is 3. The molecule has 0 spiro atoms. The van der Waals surface area contributed by atoms with E-state index >= 15 is 0 Å². The van der Waals surface area contributed by atoms with E-state index in [1.807, 2.05) is 0 Å². The van der Waals surface area contributed by atoms with Crippen molar-refractivity contribution in [3.63, 3.8) is 0 Å². The lowest BCUT2D eigenvalue weighted by atomic mass is 10.1. The first-order valence-corrected chi connectivity index (χ1v) is 4.37. The molecule has 78 valence electrons. The highest BCUT2D eigenvalue weighted by atomic mass is 35.5. The first-order chi connectivity index (χ1) is 6.27. The van der Waals surface area contributed by atoms with E-state index in [9.17, 15) is 4.79 Å². The minimum Gasteiger partial charge on any atom is -0.465 e. The van der Waals surface area contributed by atoms with Gasteiger partial charge in [0.05, 0.1) is 12.7 Å². The van der Waals surface area contributed by atoms with Crippen molar-refractivity contribution < 1.29 is 9.53 Å². The Hall–Kier alpha value is -0.800. The molecule has 0 bridgehead atoms. The van der Waals surface area contributed by atoms with E-state index in [1.54, 1.807) is 18.2 Å². The van der Waals surface area contributed by atoms with Gasteiger partial charge in [-0.2, -0.15) is 0 Å². The molecule has 0 N–H and O–H groups in total. The standard InChI is InChI=1S/C9H10ClNO2.ClH/c1-13-9(12)7-2-4-8(5-3-7)11-6-10;/h2-4H,5-6H2,1H3;1H. The van der Waals surface area contributed by atoms with Crippen LogP contribution in [0.1, 0.15) is 6.42 Å². The lowest BCUT2D eigenvalue weighted by molar-refractivity contribution is -0.135. The number of ether oxygens (including phenoxy) is 1. The molecule has 0 amide bonds. The third-order valence-corrected chi connectivity index (χ3v) is 1.79. The monoisotopic (exact) mass is 235 g/mol. The third-order valence-electron chi connectivity index (χ3n) is 1.67. The number of alkyl halides is 1. The highest BCUT2D eigenvalue weighted by Crippen LogP contribution is 2.09. The van der Waals surface area contributed by atoms with Crippen LogP contribution in [0.15, 0.2) is 28.8 Å².